The molecule has 3 amide bonds. The van der Waals surface area contributed by atoms with Crippen LogP contribution >= 0.6 is 0 Å². The number of rotatable bonds is 6. The summed E-state index contributed by atoms with van der Waals surface area (Å²) in [4.78, 5) is 29.3. The van der Waals surface area contributed by atoms with Gasteiger partial charge in [0.1, 0.15) is 0 Å². The van der Waals surface area contributed by atoms with Gasteiger partial charge in [0, 0.05) is 50.0 Å². The summed E-state index contributed by atoms with van der Waals surface area (Å²) in [5.41, 5.74) is 2.20. The van der Waals surface area contributed by atoms with E-state index in [0.29, 0.717) is 18.4 Å². The first kappa shape index (κ1) is 24.4. The van der Waals surface area contributed by atoms with Crippen molar-refractivity contribution < 1.29 is 9.59 Å². The maximum Gasteiger partial charge on any atom is 0.319 e. The van der Waals surface area contributed by atoms with E-state index < -0.39 is 0 Å². The van der Waals surface area contributed by atoms with E-state index in [4.69, 9.17) is 0 Å². The first-order valence-electron chi connectivity index (χ1n) is 12.4. The molecule has 0 aromatic heterocycles. The molecule has 2 fully saturated rings. The van der Waals surface area contributed by atoms with Crippen LogP contribution in [-0.2, 0) is 4.79 Å². The predicted octanol–water partition coefficient (Wildman–Crippen LogP) is 5.25. The van der Waals surface area contributed by atoms with Crippen LogP contribution in [0.2, 0.25) is 0 Å². The summed E-state index contributed by atoms with van der Waals surface area (Å²) in [6.07, 6.45) is 7.55. The quantitative estimate of drug-likeness (QED) is 0.632. The highest BCUT2D eigenvalue weighted by Gasteiger charge is 2.24. The zero-order chi connectivity index (χ0) is 23.1. The van der Waals surface area contributed by atoms with Gasteiger partial charge >= 0.3 is 6.03 Å². The maximum absolute atomic E-state index is 12.7. The Hall–Kier alpha value is -2.24. The monoisotopic (exact) mass is 442 g/mol. The van der Waals surface area contributed by atoms with Gasteiger partial charge < -0.3 is 20.4 Å². The minimum atomic E-state index is -0.113. The van der Waals surface area contributed by atoms with Crippen LogP contribution in [0.15, 0.2) is 24.3 Å². The number of hydrogen-bond acceptors (Lipinski definition) is 3. The smallest absolute Gasteiger partial charge is 0.319 e. The Labute approximate surface area is 194 Å². The Morgan fingerprint density at radius 3 is 2.22 bits per heavy atom. The second-order valence-corrected chi connectivity index (χ2v) is 10.9. The Kier molecular flexibility index (Phi) is 8.44. The van der Waals surface area contributed by atoms with Gasteiger partial charge in [-0.05, 0) is 54.9 Å². The van der Waals surface area contributed by atoms with Gasteiger partial charge in [0.25, 0.3) is 0 Å². The first-order chi connectivity index (χ1) is 15.2. The molecule has 1 unspecified atom stereocenters. The molecule has 1 aromatic rings. The second-order valence-electron chi connectivity index (χ2n) is 10.9. The number of urea groups is 1. The SMILES string of the molecule is CC(CC(=O)N1CCN(c2ccc(NC(=O)NC3CCCCC3)cc2)CC1)CC(C)(C)C. The average molecular weight is 443 g/mol. The average Bonchev–Trinajstić information content (AvgIpc) is 2.73. The molecule has 1 aliphatic carbocycles. The van der Waals surface area contributed by atoms with Crippen LogP contribution in [0, 0.1) is 11.3 Å². The van der Waals surface area contributed by atoms with Crippen molar-refractivity contribution in [3.63, 3.8) is 0 Å². The molecule has 1 saturated heterocycles. The van der Waals surface area contributed by atoms with Gasteiger partial charge in [0.15, 0.2) is 0 Å². The molecule has 6 nitrogen and oxygen atoms in total. The lowest BCUT2D eigenvalue weighted by Crippen LogP contribution is -2.49. The topological polar surface area (TPSA) is 64.7 Å². The molecular weight excluding hydrogens is 400 g/mol. The molecule has 1 atom stereocenters. The fourth-order valence-electron chi connectivity index (χ4n) is 5.11. The van der Waals surface area contributed by atoms with E-state index in [1.54, 1.807) is 0 Å². The lowest BCUT2D eigenvalue weighted by atomic mass is 9.84. The van der Waals surface area contributed by atoms with Gasteiger partial charge in [-0.3, -0.25) is 4.79 Å². The molecule has 3 rings (SSSR count). The molecule has 0 spiro atoms. The highest BCUT2D eigenvalue weighted by atomic mass is 16.2. The predicted molar refractivity (Wildman–Crippen MR) is 132 cm³/mol. The molecule has 1 heterocycles. The fraction of sp³-hybridized carbons (Fsp3) is 0.692. The molecular formula is C26H42N4O2. The van der Waals surface area contributed by atoms with Crippen molar-refractivity contribution in [2.45, 2.75) is 78.7 Å². The van der Waals surface area contributed by atoms with Gasteiger partial charge in [-0.1, -0.05) is 47.0 Å². The van der Waals surface area contributed by atoms with Crippen LogP contribution in [0.4, 0.5) is 16.2 Å². The number of nitrogens with zero attached hydrogens (tertiary/aromatic N) is 2. The summed E-state index contributed by atoms with van der Waals surface area (Å²) >= 11 is 0. The summed E-state index contributed by atoms with van der Waals surface area (Å²) in [6, 6.07) is 8.22. The molecule has 2 aliphatic rings. The fourth-order valence-corrected chi connectivity index (χ4v) is 5.11. The third-order valence-corrected chi connectivity index (χ3v) is 6.55. The van der Waals surface area contributed by atoms with Crippen molar-refractivity contribution in [2.24, 2.45) is 11.3 Å². The zero-order valence-electron chi connectivity index (χ0n) is 20.5. The molecule has 0 radical (unpaired) electrons. The van der Waals surface area contributed by atoms with Gasteiger partial charge in [-0.25, -0.2) is 4.79 Å². The van der Waals surface area contributed by atoms with E-state index in [2.05, 4.69) is 55.4 Å². The Balaban J connectivity index is 1.42. The number of carbonyl (C=O) groups excluding carboxylic acids is 2. The van der Waals surface area contributed by atoms with Crippen LogP contribution in [0.3, 0.4) is 0 Å². The zero-order valence-corrected chi connectivity index (χ0v) is 20.5. The number of nitrogens with one attached hydrogen (secondary N) is 2. The largest absolute Gasteiger partial charge is 0.368 e. The summed E-state index contributed by atoms with van der Waals surface area (Å²) in [5, 5.41) is 6.04. The van der Waals surface area contributed by atoms with Crippen LogP contribution in [0.5, 0.6) is 0 Å². The summed E-state index contributed by atoms with van der Waals surface area (Å²) in [7, 11) is 0. The summed E-state index contributed by atoms with van der Waals surface area (Å²) < 4.78 is 0. The molecule has 1 saturated carbocycles. The van der Waals surface area contributed by atoms with Crippen LogP contribution in [0.25, 0.3) is 0 Å². The van der Waals surface area contributed by atoms with E-state index in [1.165, 1.54) is 19.3 Å². The molecule has 1 aliphatic heterocycles. The number of piperazine rings is 1. The molecule has 178 valence electrons. The Morgan fingerprint density at radius 1 is 1.00 bits per heavy atom. The summed E-state index contributed by atoms with van der Waals surface area (Å²) in [6.45, 7) is 12.1. The number of carbonyl (C=O) groups is 2. The Morgan fingerprint density at radius 2 is 1.62 bits per heavy atom. The standard InChI is InChI=1S/C26H42N4O2/c1-20(19-26(2,3)4)18-24(31)30-16-14-29(15-17-30)23-12-10-22(11-13-23)28-25(32)27-21-8-6-5-7-9-21/h10-13,20-21H,5-9,14-19H2,1-4H3,(H2,27,28,32). The number of benzene rings is 1. The third kappa shape index (κ3) is 7.72. The minimum Gasteiger partial charge on any atom is -0.368 e. The van der Waals surface area contributed by atoms with Gasteiger partial charge in [-0.15, -0.1) is 0 Å². The van der Waals surface area contributed by atoms with E-state index >= 15 is 0 Å². The van der Waals surface area contributed by atoms with Crippen molar-refractivity contribution in [2.75, 3.05) is 36.4 Å². The third-order valence-electron chi connectivity index (χ3n) is 6.55. The van der Waals surface area contributed by atoms with E-state index in [9.17, 15) is 9.59 Å². The van der Waals surface area contributed by atoms with Crippen LogP contribution in [0.1, 0.15) is 72.6 Å². The van der Waals surface area contributed by atoms with E-state index in [1.807, 2.05) is 17.0 Å². The molecule has 2 N–H and O–H groups in total. The minimum absolute atomic E-state index is 0.113. The van der Waals surface area contributed by atoms with Gasteiger partial charge in [0.2, 0.25) is 5.91 Å². The molecule has 1 aromatic carbocycles. The highest BCUT2D eigenvalue weighted by Crippen LogP contribution is 2.27. The molecule has 6 heteroatoms. The molecule has 0 bridgehead atoms. The highest BCUT2D eigenvalue weighted by molar-refractivity contribution is 5.89. The van der Waals surface area contributed by atoms with Crippen molar-refractivity contribution in [3.8, 4) is 0 Å². The number of amides is 3. The number of anilines is 2. The van der Waals surface area contributed by atoms with Crippen molar-refractivity contribution in [1.29, 1.82) is 0 Å². The van der Waals surface area contributed by atoms with Crippen LogP contribution < -0.4 is 15.5 Å². The Bertz CT molecular complexity index is 742. The molecule has 32 heavy (non-hydrogen) atoms. The van der Waals surface area contributed by atoms with Crippen molar-refractivity contribution in [1.82, 2.24) is 10.2 Å². The van der Waals surface area contributed by atoms with Crippen molar-refractivity contribution in [3.05, 3.63) is 24.3 Å². The van der Waals surface area contributed by atoms with E-state index in [-0.39, 0.29) is 17.4 Å². The lowest BCUT2D eigenvalue weighted by molar-refractivity contribution is -0.132. The second kappa shape index (κ2) is 11.1. The normalized spacial score (nSPS) is 18.9. The van der Waals surface area contributed by atoms with Crippen LogP contribution in [-0.4, -0.2) is 49.1 Å². The maximum atomic E-state index is 12.7. The lowest BCUT2D eigenvalue weighted by Gasteiger charge is -2.37. The summed E-state index contributed by atoms with van der Waals surface area (Å²) in [5.74, 6) is 0.695. The first-order valence-corrected chi connectivity index (χ1v) is 12.4. The van der Waals surface area contributed by atoms with Gasteiger partial charge in [-0.2, -0.15) is 0 Å². The van der Waals surface area contributed by atoms with Crippen molar-refractivity contribution >= 4 is 23.3 Å². The number of hydrogen-bond donors (Lipinski definition) is 2. The van der Waals surface area contributed by atoms with Gasteiger partial charge in [0.05, 0.1) is 0 Å². The van der Waals surface area contributed by atoms with E-state index in [0.717, 1.165) is 56.8 Å².